The first kappa shape index (κ1) is 15.4. The summed E-state index contributed by atoms with van der Waals surface area (Å²) in [7, 11) is 3.22. The Morgan fingerprint density at radius 3 is 2.38 bits per heavy atom. The number of ether oxygens (including phenoxy) is 1. The van der Waals surface area contributed by atoms with Gasteiger partial charge >= 0.3 is 5.97 Å². The third kappa shape index (κ3) is 5.47. The van der Waals surface area contributed by atoms with Crippen LogP contribution in [0.1, 0.15) is 33.6 Å². The summed E-state index contributed by atoms with van der Waals surface area (Å²) in [4.78, 5) is 13.8. The fourth-order valence-corrected chi connectivity index (χ4v) is 1.73. The molecule has 1 N–H and O–H groups in total. The van der Waals surface area contributed by atoms with Gasteiger partial charge in [0.25, 0.3) is 0 Å². The van der Waals surface area contributed by atoms with E-state index in [-0.39, 0.29) is 12.0 Å². The molecule has 0 aliphatic heterocycles. The molecule has 1 atom stereocenters. The summed E-state index contributed by atoms with van der Waals surface area (Å²) < 4.78 is 4.74. The molecule has 96 valence electrons. The first-order valence-electron chi connectivity index (χ1n) is 6.05. The predicted octanol–water partition coefficient (Wildman–Crippen LogP) is 1.26. The zero-order chi connectivity index (χ0) is 12.6. The molecule has 1 unspecified atom stereocenters. The fourth-order valence-electron chi connectivity index (χ4n) is 1.73. The maximum absolute atomic E-state index is 11.4. The molecule has 0 rings (SSSR count). The van der Waals surface area contributed by atoms with Crippen LogP contribution in [-0.2, 0) is 9.53 Å². The minimum atomic E-state index is -0.192. The number of hydrogen-bond donors (Lipinski definition) is 1. The van der Waals surface area contributed by atoms with Gasteiger partial charge in [0.1, 0.15) is 6.04 Å². The molecule has 0 saturated heterocycles. The number of carbonyl (C=O) groups is 1. The summed E-state index contributed by atoms with van der Waals surface area (Å²) in [5.41, 5.74) is 0. The van der Waals surface area contributed by atoms with Gasteiger partial charge in [-0.05, 0) is 40.3 Å². The number of esters is 1. The molecule has 0 radical (unpaired) electrons. The van der Waals surface area contributed by atoms with Crippen LogP contribution >= 0.6 is 0 Å². The molecule has 0 aromatic rings. The van der Waals surface area contributed by atoms with Gasteiger partial charge in [0.15, 0.2) is 0 Å². The second kappa shape index (κ2) is 8.53. The Morgan fingerprint density at radius 1 is 1.38 bits per heavy atom. The summed E-state index contributed by atoms with van der Waals surface area (Å²) in [6, 6.07) is 0.332. The highest BCUT2D eigenvalue weighted by molar-refractivity contribution is 5.75. The van der Waals surface area contributed by atoms with Crippen molar-refractivity contribution in [1.29, 1.82) is 0 Å². The first-order chi connectivity index (χ1) is 7.56. The minimum absolute atomic E-state index is 0.178. The van der Waals surface area contributed by atoms with Crippen LogP contribution < -0.4 is 5.32 Å². The van der Waals surface area contributed by atoms with E-state index in [1.165, 1.54) is 7.11 Å². The van der Waals surface area contributed by atoms with Gasteiger partial charge in [-0.15, -0.1) is 0 Å². The minimum Gasteiger partial charge on any atom is -0.468 e. The SMILES string of the molecule is CCCN(CCC(NC)C(=O)OC)C(C)C. The Kier molecular flexibility index (Phi) is 8.21. The third-order valence-corrected chi connectivity index (χ3v) is 2.78. The van der Waals surface area contributed by atoms with Crippen LogP contribution in [0, 0.1) is 0 Å². The van der Waals surface area contributed by atoms with Crippen molar-refractivity contribution in [1.82, 2.24) is 10.2 Å². The highest BCUT2D eigenvalue weighted by Crippen LogP contribution is 2.04. The molecule has 0 bridgehead atoms. The fraction of sp³-hybridized carbons (Fsp3) is 0.917. The van der Waals surface area contributed by atoms with Crippen LogP contribution in [0.25, 0.3) is 0 Å². The molecule has 4 nitrogen and oxygen atoms in total. The maximum Gasteiger partial charge on any atom is 0.322 e. The molecule has 0 aliphatic carbocycles. The van der Waals surface area contributed by atoms with E-state index in [1.54, 1.807) is 7.05 Å². The van der Waals surface area contributed by atoms with Crippen molar-refractivity contribution in [3.63, 3.8) is 0 Å². The molecule has 0 aliphatic rings. The van der Waals surface area contributed by atoms with E-state index < -0.39 is 0 Å². The Hall–Kier alpha value is -0.610. The van der Waals surface area contributed by atoms with Gasteiger partial charge in [0.2, 0.25) is 0 Å². The topological polar surface area (TPSA) is 41.6 Å². The van der Waals surface area contributed by atoms with Crippen molar-refractivity contribution in [2.24, 2.45) is 0 Å². The number of nitrogens with one attached hydrogen (secondary N) is 1. The highest BCUT2D eigenvalue weighted by Gasteiger charge is 2.18. The second-order valence-corrected chi connectivity index (χ2v) is 4.28. The van der Waals surface area contributed by atoms with Gasteiger partial charge in [-0.25, -0.2) is 0 Å². The number of carbonyl (C=O) groups excluding carboxylic acids is 1. The Bertz CT molecular complexity index is 195. The van der Waals surface area contributed by atoms with E-state index in [4.69, 9.17) is 4.74 Å². The number of rotatable bonds is 8. The van der Waals surface area contributed by atoms with Crippen LogP contribution in [0.4, 0.5) is 0 Å². The van der Waals surface area contributed by atoms with Gasteiger partial charge < -0.3 is 15.0 Å². The smallest absolute Gasteiger partial charge is 0.322 e. The Morgan fingerprint density at radius 2 is 2.00 bits per heavy atom. The van der Waals surface area contributed by atoms with Gasteiger partial charge in [0.05, 0.1) is 7.11 Å². The molecule has 0 heterocycles. The van der Waals surface area contributed by atoms with Gasteiger partial charge in [0, 0.05) is 12.6 Å². The normalized spacial score (nSPS) is 13.2. The van der Waals surface area contributed by atoms with E-state index in [9.17, 15) is 4.79 Å². The lowest BCUT2D eigenvalue weighted by Gasteiger charge is -2.27. The summed E-state index contributed by atoms with van der Waals surface area (Å²) >= 11 is 0. The monoisotopic (exact) mass is 230 g/mol. The van der Waals surface area contributed by atoms with E-state index in [0.29, 0.717) is 6.04 Å². The quantitative estimate of drug-likeness (QED) is 0.637. The Labute approximate surface area is 99.3 Å². The average molecular weight is 230 g/mol. The van der Waals surface area contributed by atoms with Gasteiger partial charge in [-0.1, -0.05) is 6.92 Å². The summed E-state index contributed by atoms with van der Waals surface area (Å²) in [6.45, 7) is 8.54. The number of nitrogens with zero attached hydrogens (tertiary/aromatic N) is 1. The van der Waals surface area contributed by atoms with Crippen LogP contribution in [0.5, 0.6) is 0 Å². The van der Waals surface area contributed by atoms with Crippen molar-refractivity contribution in [2.75, 3.05) is 27.2 Å². The zero-order valence-corrected chi connectivity index (χ0v) is 11.2. The first-order valence-corrected chi connectivity index (χ1v) is 6.05. The summed E-state index contributed by atoms with van der Waals surface area (Å²) in [5, 5.41) is 2.99. The van der Waals surface area contributed by atoms with Crippen molar-refractivity contribution in [3.05, 3.63) is 0 Å². The molecule has 16 heavy (non-hydrogen) atoms. The van der Waals surface area contributed by atoms with E-state index in [0.717, 1.165) is 25.9 Å². The van der Waals surface area contributed by atoms with Crippen molar-refractivity contribution < 1.29 is 9.53 Å². The molecular formula is C12H26N2O2. The van der Waals surface area contributed by atoms with Crippen LogP contribution in [0.2, 0.25) is 0 Å². The van der Waals surface area contributed by atoms with E-state index >= 15 is 0 Å². The number of hydrogen-bond acceptors (Lipinski definition) is 4. The third-order valence-electron chi connectivity index (χ3n) is 2.78. The van der Waals surface area contributed by atoms with Gasteiger partial charge in [-0.2, -0.15) is 0 Å². The number of likely N-dealkylation sites (N-methyl/N-ethyl adjacent to an activating group) is 1. The largest absolute Gasteiger partial charge is 0.468 e. The summed E-state index contributed by atoms with van der Waals surface area (Å²) in [5.74, 6) is -0.178. The molecule has 0 saturated carbocycles. The van der Waals surface area contributed by atoms with Gasteiger partial charge in [-0.3, -0.25) is 4.79 Å². The molecule has 0 aromatic carbocycles. The maximum atomic E-state index is 11.4. The predicted molar refractivity (Wildman–Crippen MR) is 66.5 cm³/mol. The van der Waals surface area contributed by atoms with Crippen LogP contribution in [0.15, 0.2) is 0 Å². The van der Waals surface area contributed by atoms with Crippen molar-refractivity contribution in [3.8, 4) is 0 Å². The van der Waals surface area contributed by atoms with E-state index in [1.807, 2.05) is 0 Å². The summed E-state index contributed by atoms with van der Waals surface area (Å²) in [6.07, 6.45) is 1.93. The molecule has 4 heteroatoms. The lowest BCUT2D eigenvalue weighted by Crippen LogP contribution is -2.40. The average Bonchev–Trinajstić information content (AvgIpc) is 2.27. The van der Waals surface area contributed by atoms with E-state index in [2.05, 4.69) is 31.0 Å². The van der Waals surface area contributed by atoms with Crippen LogP contribution in [0.3, 0.4) is 0 Å². The molecule has 0 spiro atoms. The molecule has 0 fully saturated rings. The second-order valence-electron chi connectivity index (χ2n) is 4.28. The van der Waals surface area contributed by atoms with Crippen molar-refractivity contribution in [2.45, 2.75) is 45.7 Å². The molecule has 0 amide bonds. The Balaban J connectivity index is 4.10. The lowest BCUT2D eigenvalue weighted by molar-refractivity contribution is -0.143. The number of methoxy groups -OCH3 is 1. The van der Waals surface area contributed by atoms with Crippen LogP contribution in [-0.4, -0.2) is 50.2 Å². The van der Waals surface area contributed by atoms with Crippen molar-refractivity contribution >= 4 is 5.97 Å². The standard InChI is InChI=1S/C12H26N2O2/c1-6-8-14(10(2)3)9-7-11(13-4)12(15)16-5/h10-11,13H,6-9H2,1-5H3. The highest BCUT2D eigenvalue weighted by atomic mass is 16.5. The molecular weight excluding hydrogens is 204 g/mol. The zero-order valence-electron chi connectivity index (χ0n) is 11.2. The molecule has 0 aromatic heterocycles. The lowest BCUT2D eigenvalue weighted by atomic mass is 10.2.